The molecule has 2 N–H and O–H groups in total. The fourth-order valence-corrected chi connectivity index (χ4v) is 4.23. The Kier molecular flexibility index (Phi) is 4.81. The molecule has 1 unspecified atom stereocenters. The Hall–Kier alpha value is -3.20. The number of nitrogens with two attached hydrogens (primary N) is 1. The van der Waals surface area contributed by atoms with Gasteiger partial charge in [-0.25, -0.2) is 4.98 Å². The minimum absolute atomic E-state index is 0.0379. The van der Waals surface area contributed by atoms with Crippen LogP contribution in [0.5, 0.6) is 0 Å². The highest BCUT2D eigenvalue weighted by molar-refractivity contribution is 5.99. The summed E-state index contributed by atoms with van der Waals surface area (Å²) in [5.74, 6) is 0.249. The van der Waals surface area contributed by atoms with Crippen molar-refractivity contribution in [3.8, 4) is 0 Å². The predicted octanol–water partition coefficient (Wildman–Crippen LogP) is 4.63. The van der Waals surface area contributed by atoms with Crippen LogP contribution >= 0.6 is 0 Å². The lowest BCUT2D eigenvalue weighted by molar-refractivity contribution is -0.137. The number of aromatic nitrogens is 2. The smallest absolute Gasteiger partial charge is 0.383 e. The summed E-state index contributed by atoms with van der Waals surface area (Å²) in [5.41, 5.74) is 8.61. The first-order valence-electron chi connectivity index (χ1n) is 10.4. The minimum Gasteiger partial charge on any atom is -0.383 e. The molecule has 5 rings (SSSR count). The van der Waals surface area contributed by atoms with Gasteiger partial charge in [-0.3, -0.25) is 9.78 Å². The number of ether oxygens (including phenoxy) is 1. The van der Waals surface area contributed by atoms with Crippen molar-refractivity contribution in [2.45, 2.75) is 51.2 Å². The number of carbonyl (C=O) groups is 1. The van der Waals surface area contributed by atoms with Gasteiger partial charge in [0.25, 0.3) is 5.91 Å². The van der Waals surface area contributed by atoms with E-state index in [2.05, 4.69) is 9.97 Å². The molecule has 32 heavy (non-hydrogen) atoms. The molecule has 1 aliphatic heterocycles. The maximum Gasteiger partial charge on any atom is 0.417 e. The molecule has 166 valence electrons. The molecule has 1 fully saturated rings. The van der Waals surface area contributed by atoms with Gasteiger partial charge in [0.05, 0.1) is 36.0 Å². The van der Waals surface area contributed by atoms with Crippen molar-refractivity contribution in [3.05, 3.63) is 64.5 Å². The van der Waals surface area contributed by atoms with Crippen molar-refractivity contribution in [1.29, 1.82) is 0 Å². The standard InChI is InChI=1S/C23H21F3N4O2/c1-12(19-7-3-14(9-28-19)23(24,25)26)30(15-4-5-15)22(31)13-2-6-20-16(8-13)17-10-32-11-18(17)21(27)29-20/h2-3,6-9,12,15H,4-5,10-11H2,1H3,(H2,27,29). The summed E-state index contributed by atoms with van der Waals surface area (Å²) < 4.78 is 44.2. The van der Waals surface area contributed by atoms with E-state index >= 15 is 0 Å². The van der Waals surface area contributed by atoms with E-state index in [9.17, 15) is 18.0 Å². The molecule has 3 heterocycles. The zero-order valence-corrected chi connectivity index (χ0v) is 17.3. The first-order valence-corrected chi connectivity index (χ1v) is 10.4. The average Bonchev–Trinajstić information content (AvgIpc) is 3.46. The van der Waals surface area contributed by atoms with Crippen LogP contribution in [0.2, 0.25) is 0 Å². The number of amides is 1. The van der Waals surface area contributed by atoms with E-state index in [-0.39, 0.29) is 11.9 Å². The Balaban J connectivity index is 1.49. The highest BCUT2D eigenvalue weighted by atomic mass is 19.4. The summed E-state index contributed by atoms with van der Waals surface area (Å²) in [7, 11) is 0. The van der Waals surface area contributed by atoms with Gasteiger partial charge in [-0.05, 0) is 55.7 Å². The topological polar surface area (TPSA) is 81.3 Å². The Morgan fingerprint density at radius 3 is 2.59 bits per heavy atom. The van der Waals surface area contributed by atoms with Crippen LogP contribution in [0.1, 0.15) is 58.5 Å². The van der Waals surface area contributed by atoms with Crippen molar-refractivity contribution in [2.24, 2.45) is 0 Å². The largest absolute Gasteiger partial charge is 0.417 e. The number of anilines is 1. The third kappa shape index (κ3) is 3.56. The van der Waals surface area contributed by atoms with E-state index in [1.54, 1.807) is 30.0 Å². The molecule has 3 aromatic rings. The Morgan fingerprint density at radius 1 is 1.19 bits per heavy atom. The van der Waals surface area contributed by atoms with Gasteiger partial charge in [-0.15, -0.1) is 0 Å². The van der Waals surface area contributed by atoms with E-state index in [4.69, 9.17) is 10.5 Å². The van der Waals surface area contributed by atoms with Crippen LogP contribution in [0.3, 0.4) is 0 Å². The number of alkyl halides is 3. The van der Waals surface area contributed by atoms with E-state index in [1.807, 2.05) is 0 Å². The summed E-state index contributed by atoms with van der Waals surface area (Å²) in [6, 6.07) is 7.20. The number of fused-ring (bicyclic) bond motifs is 3. The zero-order chi connectivity index (χ0) is 22.6. The van der Waals surface area contributed by atoms with E-state index in [0.717, 1.165) is 41.6 Å². The molecule has 1 amide bonds. The lowest BCUT2D eigenvalue weighted by Crippen LogP contribution is -2.36. The number of hydrogen-bond acceptors (Lipinski definition) is 5. The number of benzene rings is 1. The van der Waals surface area contributed by atoms with E-state index in [1.165, 1.54) is 6.07 Å². The van der Waals surface area contributed by atoms with E-state index in [0.29, 0.717) is 35.8 Å². The summed E-state index contributed by atoms with van der Waals surface area (Å²) in [4.78, 5) is 23.7. The molecule has 0 bridgehead atoms. The number of halogens is 3. The number of hydrogen-bond donors (Lipinski definition) is 1. The fraction of sp³-hybridized carbons (Fsp3) is 0.348. The highest BCUT2D eigenvalue weighted by Gasteiger charge is 2.38. The molecule has 1 aliphatic carbocycles. The third-order valence-electron chi connectivity index (χ3n) is 6.11. The van der Waals surface area contributed by atoms with Crippen LogP contribution in [0.4, 0.5) is 19.0 Å². The van der Waals surface area contributed by atoms with Crippen LogP contribution in [-0.4, -0.2) is 26.8 Å². The maximum absolute atomic E-state index is 13.5. The van der Waals surface area contributed by atoms with Crippen LogP contribution in [-0.2, 0) is 24.1 Å². The molecule has 0 spiro atoms. The van der Waals surface area contributed by atoms with Gasteiger partial charge in [-0.1, -0.05) is 0 Å². The Labute approximate surface area is 182 Å². The maximum atomic E-state index is 13.5. The van der Waals surface area contributed by atoms with Gasteiger partial charge in [0, 0.05) is 28.8 Å². The Bertz CT molecular complexity index is 1210. The van der Waals surface area contributed by atoms with Gasteiger partial charge in [0.2, 0.25) is 0 Å². The number of nitrogens with zero attached hydrogens (tertiary/aromatic N) is 3. The molecule has 0 saturated heterocycles. The highest BCUT2D eigenvalue weighted by Crippen LogP contribution is 2.37. The predicted molar refractivity (Wildman–Crippen MR) is 111 cm³/mol. The summed E-state index contributed by atoms with van der Waals surface area (Å²) in [6.45, 7) is 2.60. The normalized spacial score (nSPS) is 16.8. The first kappa shape index (κ1) is 20.7. The molecule has 6 nitrogen and oxygen atoms in total. The van der Waals surface area contributed by atoms with Gasteiger partial charge in [0.15, 0.2) is 0 Å². The van der Waals surface area contributed by atoms with Crippen molar-refractivity contribution in [3.63, 3.8) is 0 Å². The second-order valence-corrected chi connectivity index (χ2v) is 8.27. The summed E-state index contributed by atoms with van der Waals surface area (Å²) >= 11 is 0. The zero-order valence-electron chi connectivity index (χ0n) is 17.3. The molecule has 1 atom stereocenters. The van der Waals surface area contributed by atoms with Crippen molar-refractivity contribution in [1.82, 2.24) is 14.9 Å². The fourth-order valence-electron chi connectivity index (χ4n) is 4.23. The molecule has 2 aromatic heterocycles. The van der Waals surface area contributed by atoms with Crippen molar-refractivity contribution in [2.75, 3.05) is 5.73 Å². The molecule has 0 radical (unpaired) electrons. The summed E-state index contributed by atoms with van der Waals surface area (Å²) in [6.07, 6.45) is -1.93. The molecular formula is C23H21F3N4O2. The van der Waals surface area contributed by atoms with Crippen LogP contribution in [0, 0.1) is 0 Å². The number of carbonyl (C=O) groups excluding carboxylic acids is 1. The van der Waals surface area contributed by atoms with Crippen molar-refractivity contribution < 1.29 is 22.7 Å². The van der Waals surface area contributed by atoms with Gasteiger partial charge in [-0.2, -0.15) is 13.2 Å². The van der Waals surface area contributed by atoms with Gasteiger partial charge in [0.1, 0.15) is 5.82 Å². The monoisotopic (exact) mass is 442 g/mol. The number of rotatable bonds is 4. The SMILES string of the molecule is CC(c1ccc(C(F)(F)F)cn1)N(C(=O)c1ccc2nc(N)c3c(c2c1)COC3)C1CC1. The molecule has 1 saturated carbocycles. The number of pyridine rings is 2. The Morgan fingerprint density at radius 2 is 1.94 bits per heavy atom. The average molecular weight is 442 g/mol. The van der Waals surface area contributed by atoms with E-state index < -0.39 is 17.8 Å². The quantitative estimate of drug-likeness (QED) is 0.637. The van der Waals surface area contributed by atoms with Crippen LogP contribution in [0.25, 0.3) is 10.9 Å². The second-order valence-electron chi connectivity index (χ2n) is 8.27. The minimum atomic E-state index is -4.45. The van der Waals surface area contributed by atoms with Gasteiger partial charge >= 0.3 is 6.18 Å². The molecule has 9 heteroatoms. The third-order valence-corrected chi connectivity index (χ3v) is 6.11. The van der Waals surface area contributed by atoms with Crippen LogP contribution < -0.4 is 5.73 Å². The first-order chi connectivity index (χ1) is 15.2. The second kappa shape index (κ2) is 7.44. The molecular weight excluding hydrogens is 421 g/mol. The number of nitrogen functional groups attached to an aromatic ring is 1. The lowest BCUT2D eigenvalue weighted by atomic mass is 10.0. The van der Waals surface area contributed by atoms with Crippen LogP contribution in [0.15, 0.2) is 36.5 Å². The van der Waals surface area contributed by atoms with Gasteiger partial charge < -0.3 is 15.4 Å². The molecule has 1 aromatic carbocycles. The summed E-state index contributed by atoms with van der Waals surface area (Å²) in [5, 5.41) is 0.827. The molecule has 2 aliphatic rings. The van der Waals surface area contributed by atoms with Crippen molar-refractivity contribution >= 4 is 22.6 Å². The lowest BCUT2D eigenvalue weighted by Gasteiger charge is -2.29.